The van der Waals surface area contributed by atoms with Crippen LogP contribution in [0.15, 0.2) is 6.07 Å². The molecule has 0 saturated heterocycles. The van der Waals surface area contributed by atoms with Gasteiger partial charge in [0.15, 0.2) is 23.2 Å². The van der Waals surface area contributed by atoms with E-state index < -0.39 is 28.8 Å². The fraction of sp³-hybridized carbons (Fsp3) is 0.143. The summed E-state index contributed by atoms with van der Waals surface area (Å²) in [6.45, 7) is 1.05. The van der Waals surface area contributed by atoms with E-state index >= 15 is 0 Å². The number of phenolic OH excluding ortho intramolecular Hbond substituents is 1. The molecule has 0 aliphatic rings. The molecule has 1 N–H and O–H groups in total. The topological polar surface area (TPSA) is 20.2 Å². The third kappa shape index (κ3) is 1.94. The third-order valence-electron chi connectivity index (χ3n) is 1.36. The first kappa shape index (κ1) is 11.8. The predicted octanol–water partition coefficient (Wildman–Crippen LogP) is -0.766. The number of aromatic hydroxyl groups is 1. The van der Waals surface area contributed by atoms with Gasteiger partial charge in [-0.1, -0.05) is 0 Å². The van der Waals surface area contributed by atoms with Crippen molar-refractivity contribution in [3.63, 3.8) is 0 Å². The summed E-state index contributed by atoms with van der Waals surface area (Å²) < 4.78 is 37.3. The standard InChI is InChI=1S/C7H5F3O.Na.H/c1-3-6(9)4(8)2-5(11)7(3)10;;/h2,11H,1H3;;/q;+1;-1. The monoisotopic (exact) mass is 186 g/mol. The fourth-order valence-corrected chi connectivity index (χ4v) is 0.714. The minimum Gasteiger partial charge on any atom is -1.00 e. The van der Waals surface area contributed by atoms with Gasteiger partial charge in [-0.25, -0.2) is 13.2 Å². The molecular weight excluding hydrogens is 180 g/mol. The zero-order chi connectivity index (χ0) is 8.59. The van der Waals surface area contributed by atoms with Crippen LogP contribution in [0.3, 0.4) is 0 Å². The molecule has 1 aromatic rings. The van der Waals surface area contributed by atoms with Gasteiger partial charge in [0.2, 0.25) is 0 Å². The van der Waals surface area contributed by atoms with E-state index in [1.165, 1.54) is 0 Å². The molecule has 0 radical (unpaired) electrons. The van der Waals surface area contributed by atoms with Crippen molar-refractivity contribution in [1.82, 2.24) is 0 Å². The van der Waals surface area contributed by atoms with Crippen molar-refractivity contribution in [3.05, 3.63) is 29.1 Å². The minimum atomic E-state index is -1.26. The molecule has 0 spiro atoms. The molecule has 0 unspecified atom stereocenters. The second-order valence-corrected chi connectivity index (χ2v) is 2.13. The molecule has 62 valence electrons. The van der Waals surface area contributed by atoms with Gasteiger partial charge < -0.3 is 6.53 Å². The van der Waals surface area contributed by atoms with Gasteiger partial charge in [-0.05, 0) is 6.92 Å². The summed E-state index contributed by atoms with van der Waals surface area (Å²) in [4.78, 5) is 0. The Hall–Kier alpha value is -0.190. The van der Waals surface area contributed by atoms with E-state index in [-0.39, 0.29) is 31.0 Å². The molecule has 0 heterocycles. The first-order valence-corrected chi connectivity index (χ1v) is 2.87. The summed E-state index contributed by atoms with van der Waals surface area (Å²) in [5, 5.41) is 8.62. The van der Waals surface area contributed by atoms with Gasteiger partial charge in [-0.15, -0.1) is 0 Å². The molecule has 0 aliphatic carbocycles. The van der Waals surface area contributed by atoms with Crippen LogP contribution in [0, 0.1) is 24.4 Å². The van der Waals surface area contributed by atoms with Crippen LogP contribution in [0.25, 0.3) is 0 Å². The number of phenols is 1. The van der Waals surface area contributed by atoms with E-state index in [4.69, 9.17) is 5.11 Å². The van der Waals surface area contributed by atoms with Crippen molar-refractivity contribution in [1.29, 1.82) is 0 Å². The summed E-state index contributed by atoms with van der Waals surface area (Å²) in [6.07, 6.45) is 0. The molecule has 1 nitrogen and oxygen atoms in total. The number of benzene rings is 1. The van der Waals surface area contributed by atoms with Crippen LogP contribution in [-0.4, -0.2) is 5.11 Å². The molecule has 0 aromatic heterocycles. The van der Waals surface area contributed by atoms with E-state index in [9.17, 15) is 13.2 Å². The second-order valence-electron chi connectivity index (χ2n) is 2.13. The largest absolute Gasteiger partial charge is 1.00 e. The Morgan fingerprint density at radius 3 is 2.25 bits per heavy atom. The Labute approximate surface area is 91.0 Å². The van der Waals surface area contributed by atoms with E-state index in [2.05, 4.69) is 0 Å². The molecule has 0 aliphatic heterocycles. The smallest absolute Gasteiger partial charge is 1.00 e. The summed E-state index contributed by atoms with van der Waals surface area (Å²) in [5.74, 6) is -4.51. The normalized spacial score (nSPS) is 9.33. The van der Waals surface area contributed by atoms with Crippen LogP contribution in [0.2, 0.25) is 0 Å². The van der Waals surface area contributed by atoms with Crippen molar-refractivity contribution >= 4 is 0 Å². The van der Waals surface area contributed by atoms with Gasteiger partial charge in [-0.3, -0.25) is 0 Å². The quantitative estimate of drug-likeness (QED) is 0.417. The maximum absolute atomic E-state index is 12.5. The number of rotatable bonds is 0. The SMILES string of the molecule is Cc1c(F)c(O)cc(F)c1F.[H-].[Na+]. The van der Waals surface area contributed by atoms with Gasteiger partial charge in [-0.2, -0.15) is 0 Å². The Kier molecular flexibility index (Phi) is 4.10. The zero-order valence-electron chi connectivity index (χ0n) is 7.66. The summed E-state index contributed by atoms with van der Waals surface area (Å²) in [5.41, 5.74) is -0.512. The first-order valence-electron chi connectivity index (χ1n) is 2.87. The maximum atomic E-state index is 12.5. The molecule has 1 aromatic carbocycles. The van der Waals surface area contributed by atoms with E-state index in [1.54, 1.807) is 0 Å². The van der Waals surface area contributed by atoms with Gasteiger partial charge in [0.05, 0.1) is 0 Å². The minimum absolute atomic E-state index is 0. The first-order chi connectivity index (χ1) is 5.04. The van der Waals surface area contributed by atoms with Gasteiger partial charge in [0, 0.05) is 11.6 Å². The van der Waals surface area contributed by atoms with Crippen LogP contribution < -0.4 is 29.6 Å². The Morgan fingerprint density at radius 2 is 1.75 bits per heavy atom. The Bertz CT molecular complexity index is 280. The average Bonchev–Trinajstić information content (AvgIpc) is 1.97. The molecule has 0 bridgehead atoms. The van der Waals surface area contributed by atoms with Crippen LogP contribution in [0.1, 0.15) is 6.99 Å². The van der Waals surface area contributed by atoms with Crippen molar-refractivity contribution in [2.75, 3.05) is 0 Å². The maximum Gasteiger partial charge on any atom is 1.00 e. The van der Waals surface area contributed by atoms with Crippen LogP contribution in [-0.2, 0) is 0 Å². The zero-order valence-corrected chi connectivity index (χ0v) is 8.66. The fourth-order valence-electron chi connectivity index (χ4n) is 0.714. The predicted molar refractivity (Wildman–Crippen MR) is 33.8 cm³/mol. The van der Waals surface area contributed by atoms with Crippen molar-refractivity contribution < 1.29 is 49.3 Å². The number of hydrogen-bond donors (Lipinski definition) is 1. The molecule has 0 amide bonds. The van der Waals surface area contributed by atoms with E-state index in [0.29, 0.717) is 6.07 Å². The molecule has 0 saturated carbocycles. The summed E-state index contributed by atoms with van der Waals surface area (Å²) in [7, 11) is 0. The summed E-state index contributed by atoms with van der Waals surface area (Å²) >= 11 is 0. The van der Waals surface area contributed by atoms with Crippen molar-refractivity contribution in [3.8, 4) is 5.75 Å². The second kappa shape index (κ2) is 4.16. The number of halogens is 3. The number of hydrogen-bond acceptors (Lipinski definition) is 1. The molecule has 0 fully saturated rings. The van der Waals surface area contributed by atoms with Crippen molar-refractivity contribution in [2.45, 2.75) is 6.92 Å². The van der Waals surface area contributed by atoms with Crippen molar-refractivity contribution in [2.24, 2.45) is 0 Å². The van der Waals surface area contributed by atoms with E-state index in [1.807, 2.05) is 0 Å². The molecule has 5 heteroatoms. The Balaban J connectivity index is 0. The van der Waals surface area contributed by atoms with Crippen LogP contribution in [0.5, 0.6) is 5.75 Å². The molecule has 1 rings (SSSR count). The van der Waals surface area contributed by atoms with Gasteiger partial charge in [0.1, 0.15) is 0 Å². The van der Waals surface area contributed by atoms with Crippen LogP contribution >= 0.6 is 0 Å². The van der Waals surface area contributed by atoms with E-state index in [0.717, 1.165) is 6.92 Å². The molecule has 12 heavy (non-hydrogen) atoms. The van der Waals surface area contributed by atoms with Gasteiger partial charge in [0.25, 0.3) is 0 Å². The van der Waals surface area contributed by atoms with Gasteiger partial charge >= 0.3 is 29.6 Å². The molecule has 0 atom stereocenters. The summed E-state index contributed by atoms with van der Waals surface area (Å²) in [6, 6.07) is 0.400. The molecular formula is C7H6F3NaO. The Morgan fingerprint density at radius 1 is 1.25 bits per heavy atom. The average molecular weight is 186 g/mol. The van der Waals surface area contributed by atoms with Crippen LogP contribution in [0.4, 0.5) is 13.2 Å². The third-order valence-corrected chi connectivity index (χ3v) is 1.36.